The number of allylic oxidation sites excluding steroid dienone is 1. The Hall–Kier alpha value is -2.13. The number of fused-ring (bicyclic) bond motifs is 1. The van der Waals surface area contributed by atoms with Gasteiger partial charge >= 0.3 is 0 Å². The number of nitrogens with zero attached hydrogens (tertiary/aromatic N) is 2. The van der Waals surface area contributed by atoms with Gasteiger partial charge in [-0.2, -0.15) is 0 Å². The lowest BCUT2D eigenvalue weighted by Crippen LogP contribution is -2.23. The smallest absolute Gasteiger partial charge is 0.262 e. The summed E-state index contributed by atoms with van der Waals surface area (Å²) in [6.45, 7) is 4.05. The number of nitrogens with one attached hydrogen (secondary N) is 1. The average Bonchev–Trinajstić information content (AvgIpc) is 2.63. The molecule has 5 nitrogen and oxygen atoms in total. The largest absolute Gasteiger partial charge is 0.325 e. The van der Waals surface area contributed by atoms with Crippen molar-refractivity contribution < 1.29 is 4.79 Å². The van der Waals surface area contributed by atoms with Crippen LogP contribution in [-0.4, -0.2) is 21.2 Å². The highest BCUT2D eigenvalue weighted by Gasteiger charge is 2.12. The molecule has 0 unspecified atom stereocenters. The summed E-state index contributed by atoms with van der Waals surface area (Å²) >= 11 is 3.43. The minimum Gasteiger partial charge on any atom is -0.325 e. The number of aromatic nitrogens is 2. The molecule has 1 N–H and O–H groups in total. The van der Waals surface area contributed by atoms with Crippen molar-refractivity contribution in [2.24, 2.45) is 0 Å². The molecule has 0 saturated heterocycles. The standard InChI is InChI=1S/C19H16IN3O2S/c1-2-10-23-18(25)15-8-3-4-9-16(15)22-19(23)26-12-17(24)21-14-7-5-6-13(20)11-14/h2-9,11H,1,10,12H2,(H,21,24). The molecule has 2 aromatic carbocycles. The fraction of sp³-hybridized carbons (Fsp3) is 0.105. The first kappa shape index (κ1) is 18.7. The van der Waals surface area contributed by atoms with Gasteiger partial charge in [-0.3, -0.25) is 14.2 Å². The Kier molecular flexibility index (Phi) is 6.10. The van der Waals surface area contributed by atoms with Crippen molar-refractivity contribution in [3.05, 3.63) is 75.1 Å². The van der Waals surface area contributed by atoms with Crippen molar-refractivity contribution in [1.82, 2.24) is 9.55 Å². The number of benzene rings is 2. The summed E-state index contributed by atoms with van der Waals surface area (Å²) in [5.74, 6) is 0.0116. The van der Waals surface area contributed by atoms with Crippen LogP contribution in [0.2, 0.25) is 0 Å². The normalized spacial score (nSPS) is 10.7. The van der Waals surface area contributed by atoms with Crippen LogP contribution in [0.15, 0.2) is 71.1 Å². The molecule has 0 spiro atoms. The van der Waals surface area contributed by atoms with E-state index < -0.39 is 0 Å². The van der Waals surface area contributed by atoms with Crippen LogP contribution in [0.1, 0.15) is 0 Å². The van der Waals surface area contributed by atoms with Crippen molar-refractivity contribution in [1.29, 1.82) is 0 Å². The minimum absolute atomic E-state index is 0.129. The number of carbonyl (C=O) groups excluding carboxylic acids is 1. The average molecular weight is 477 g/mol. The van der Waals surface area contributed by atoms with E-state index in [0.717, 1.165) is 9.26 Å². The molecule has 1 amide bonds. The molecular weight excluding hydrogens is 461 g/mol. The summed E-state index contributed by atoms with van der Waals surface area (Å²) in [6, 6.07) is 14.8. The molecule has 0 fully saturated rings. The molecule has 0 radical (unpaired) electrons. The lowest BCUT2D eigenvalue weighted by molar-refractivity contribution is -0.113. The van der Waals surface area contributed by atoms with Gasteiger partial charge in [-0.1, -0.05) is 36.0 Å². The van der Waals surface area contributed by atoms with E-state index in [-0.39, 0.29) is 17.2 Å². The van der Waals surface area contributed by atoms with E-state index in [2.05, 4.69) is 39.5 Å². The maximum Gasteiger partial charge on any atom is 0.262 e. The lowest BCUT2D eigenvalue weighted by atomic mass is 10.2. The van der Waals surface area contributed by atoms with E-state index in [1.165, 1.54) is 11.8 Å². The summed E-state index contributed by atoms with van der Waals surface area (Å²) in [6.07, 6.45) is 1.65. The van der Waals surface area contributed by atoms with Crippen molar-refractivity contribution in [2.45, 2.75) is 11.7 Å². The van der Waals surface area contributed by atoms with E-state index in [0.29, 0.717) is 22.6 Å². The Balaban J connectivity index is 1.81. The van der Waals surface area contributed by atoms with Gasteiger partial charge in [0, 0.05) is 15.8 Å². The zero-order chi connectivity index (χ0) is 18.5. The monoisotopic (exact) mass is 477 g/mol. The van der Waals surface area contributed by atoms with Crippen LogP contribution >= 0.6 is 34.4 Å². The third kappa shape index (κ3) is 4.34. The molecule has 0 atom stereocenters. The van der Waals surface area contributed by atoms with Crippen LogP contribution in [0.3, 0.4) is 0 Å². The minimum atomic E-state index is -0.149. The van der Waals surface area contributed by atoms with Crippen LogP contribution < -0.4 is 10.9 Å². The molecule has 3 aromatic rings. The van der Waals surface area contributed by atoms with Crippen molar-refractivity contribution in [2.75, 3.05) is 11.1 Å². The van der Waals surface area contributed by atoms with Crippen molar-refractivity contribution >= 4 is 56.9 Å². The van der Waals surface area contributed by atoms with Crippen LogP contribution in [-0.2, 0) is 11.3 Å². The Morgan fingerprint density at radius 3 is 2.85 bits per heavy atom. The van der Waals surface area contributed by atoms with Crippen LogP contribution in [0.25, 0.3) is 10.9 Å². The van der Waals surface area contributed by atoms with Crippen molar-refractivity contribution in [3.8, 4) is 0 Å². The molecule has 0 aliphatic rings. The predicted molar refractivity (Wildman–Crippen MR) is 115 cm³/mol. The highest BCUT2D eigenvalue weighted by molar-refractivity contribution is 14.1. The number of halogens is 1. The second kappa shape index (κ2) is 8.50. The third-order valence-electron chi connectivity index (χ3n) is 3.58. The topological polar surface area (TPSA) is 64.0 Å². The number of rotatable bonds is 6. The molecule has 26 heavy (non-hydrogen) atoms. The Labute approximate surface area is 168 Å². The second-order valence-corrected chi connectivity index (χ2v) is 7.65. The number of hydrogen-bond acceptors (Lipinski definition) is 4. The molecule has 7 heteroatoms. The Morgan fingerprint density at radius 2 is 2.08 bits per heavy atom. The van der Waals surface area contributed by atoms with E-state index in [1.807, 2.05) is 36.4 Å². The van der Waals surface area contributed by atoms with Gasteiger partial charge in [0.05, 0.1) is 16.7 Å². The third-order valence-corrected chi connectivity index (χ3v) is 5.23. The highest BCUT2D eigenvalue weighted by atomic mass is 127. The molecule has 0 saturated carbocycles. The molecule has 0 aliphatic carbocycles. The first-order valence-corrected chi connectivity index (χ1v) is 9.93. The SMILES string of the molecule is C=CCn1c(SCC(=O)Nc2cccc(I)c2)nc2ccccc2c1=O. The van der Waals surface area contributed by atoms with E-state index in [1.54, 1.807) is 22.8 Å². The first-order valence-electron chi connectivity index (χ1n) is 7.87. The number of hydrogen-bond donors (Lipinski definition) is 1. The van der Waals surface area contributed by atoms with Gasteiger partial charge in [-0.05, 0) is 52.9 Å². The van der Waals surface area contributed by atoms with Crippen molar-refractivity contribution in [3.63, 3.8) is 0 Å². The molecule has 0 bridgehead atoms. The summed E-state index contributed by atoms with van der Waals surface area (Å²) in [5.41, 5.74) is 1.24. The van der Waals surface area contributed by atoms with Gasteiger partial charge < -0.3 is 5.32 Å². The lowest BCUT2D eigenvalue weighted by Gasteiger charge is -2.11. The van der Waals surface area contributed by atoms with Crippen LogP contribution in [0, 0.1) is 3.57 Å². The van der Waals surface area contributed by atoms with E-state index in [9.17, 15) is 9.59 Å². The number of amides is 1. The summed E-state index contributed by atoms with van der Waals surface area (Å²) in [4.78, 5) is 29.5. The number of anilines is 1. The van der Waals surface area contributed by atoms with Gasteiger partial charge in [0.15, 0.2) is 5.16 Å². The van der Waals surface area contributed by atoms with E-state index in [4.69, 9.17) is 0 Å². The zero-order valence-corrected chi connectivity index (χ0v) is 16.8. The summed E-state index contributed by atoms with van der Waals surface area (Å²) < 4.78 is 2.59. The van der Waals surface area contributed by atoms with Gasteiger partial charge in [0.2, 0.25) is 5.91 Å². The summed E-state index contributed by atoms with van der Waals surface area (Å²) in [5, 5.41) is 3.92. The molecule has 132 valence electrons. The number of para-hydroxylation sites is 1. The Bertz CT molecular complexity index is 1030. The van der Waals surface area contributed by atoms with Gasteiger partial charge in [0.25, 0.3) is 5.56 Å². The van der Waals surface area contributed by atoms with Crippen LogP contribution in [0.4, 0.5) is 5.69 Å². The fourth-order valence-electron chi connectivity index (χ4n) is 2.44. The molecule has 1 heterocycles. The van der Waals surface area contributed by atoms with Gasteiger partial charge in [0.1, 0.15) is 0 Å². The van der Waals surface area contributed by atoms with Gasteiger partial charge in [-0.25, -0.2) is 4.98 Å². The molecular formula is C19H16IN3O2S. The quantitative estimate of drug-likeness (QED) is 0.253. The number of carbonyl (C=O) groups is 1. The molecule has 0 aliphatic heterocycles. The van der Waals surface area contributed by atoms with Gasteiger partial charge in [-0.15, -0.1) is 6.58 Å². The maximum atomic E-state index is 12.7. The first-order chi connectivity index (χ1) is 12.6. The zero-order valence-electron chi connectivity index (χ0n) is 13.8. The second-order valence-electron chi connectivity index (χ2n) is 5.46. The Morgan fingerprint density at radius 1 is 1.27 bits per heavy atom. The fourth-order valence-corrected chi connectivity index (χ4v) is 3.79. The number of thioether (sulfide) groups is 1. The maximum absolute atomic E-state index is 12.7. The molecule has 1 aromatic heterocycles. The summed E-state index contributed by atoms with van der Waals surface area (Å²) in [7, 11) is 0. The highest BCUT2D eigenvalue weighted by Crippen LogP contribution is 2.19. The molecule has 3 rings (SSSR count). The van der Waals surface area contributed by atoms with E-state index >= 15 is 0 Å². The predicted octanol–water partition coefficient (Wildman–Crippen LogP) is 3.92. The van der Waals surface area contributed by atoms with Crippen LogP contribution in [0.5, 0.6) is 0 Å².